The molecule has 1 aliphatic rings. The van der Waals surface area contributed by atoms with Crippen molar-refractivity contribution in [2.45, 2.75) is 12.8 Å². The van der Waals surface area contributed by atoms with E-state index < -0.39 is 0 Å². The average Bonchev–Trinajstić information content (AvgIpc) is 2.18. The van der Waals surface area contributed by atoms with E-state index in [1.807, 2.05) is 26.2 Å². The Hall–Kier alpha value is -1.09. The maximum absolute atomic E-state index is 11.5. The van der Waals surface area contributed by atoms with Crippen molar-refractivity contribution in [3.8, 4) is 0 Å². The molecular formula is C11H18N2O. The fourth-order valence-corrected chi connectivity index (χ4v) is 1.30. The number of hydrogen-bond donors (Lipinski definition) is 1. The molecule has 0 heterocycles. The summed E-state index contributed by atoms with van der Waals surface area (Å²) in [5, 5.41) is 2.90. The van der Waals surface area contributed by atoms with Crippen LogP contribution in [0.4, 0.5) is 0 Å². The fraction of sp³-hybridized carbons (Fsp3) is 0.545. The average molecular weight is 194 g/mol. The van der Waals surface area contributed by atoms with E-state index in [4.69, 9.17) is 0 Å². The molecule has 78 valence electrons. The Morgan fingerprint density at radius 2 is 2.36 bits per heavy atom. The van der Waals surface area contributed by atoms with E-state index in [2.05, 4.69) is 16.3 Å². The summed E-state index contributed by atoms with van der Waals surface area (Å²) in [6, 6.07) is 0. The second-order valence-corrected chi connectivity index (χ2v) is 3.72. The molecule has 0 aliphatic heterocycles. The Kier molecular flexibility index (Phi) is 4.40. The molecule has 1 aliphatic carbocycles. The molecule has 0 saturated carbocycles. The third-order valence-corrected chi connectivity index (χ3v) is 2.15. The zero-order valence-corrected chi connectivity index (χ0v) is 8.92. The van der Waals surface area contributed by atoms with Gasteiger partial charge < -0.3 is 10.2 Å². The summed E-state index contributed by atoms with van der Waals surface area (Å²) in [6.45, 7) is 1.60. The second kappa shape index (κ2) is 5.60. The Balaban J connectivity index is 2.27. The number of rotatable bonds is 4. The van der Waals surface area contributed by atoms with Crippen LogP contribution in [0.5, 0.6) is 0 Å². The van der Waals surface area contributed by atoms with Gasteiger partial charge in [0, 0.05) is 18.7 Å². The van der Waals surface area contributed by atoms with Crippen LogP contribution in [-0.4, -0.2) is 38.0 Å². The van der Waals surface area contributed by atoms with Crippen LogP contribution >= 0.6 is 0 Å². The van der Waals surface area contributed by atoms with Gasteiger partial charge in [-0.2, -0.15) is 0 Å². The molecule has 0 aromatic heterocycles. The zero-order chi connectivity index (χ0) is 10.4. The molecule has 14 heavy (non-hydrogen) atoms. The Bertz CT molecular complexity index is 254. The highest BCUT2D eigenvalue weighted by atomic mass is 16.1. The van der Waals surface area contributed by atoms with Gasteiger partial charge in [0.1, 0.15) is 0 Å². The summed E-state index contributed by atoms with van der Waals surface area (Å²) < 4.78 is 0. The van der Waals surface area contributed by atoms with E-state index >= 15 is 0 Å². The van der Waals surface area contributed by atoms with Gasteiger partial charge in [0.05, 0.1) is 0 Å². The number of amides is 1. The summed E-state index contributed by atoms with van der Waals surface area (Å²) in [4.78, 5) is 13.6. The highest BCUT2D eigenvalue weighted by Gasteiger charge is 2.08. The van der Waals surface area contributed by atoms with Crippen molar-refractivity contribution < 1.29 is 4.79 Å². The molecule has 0 bridgehead atoms. The Morgan fingerprint density at radius 1 is 1.57 bits per heavy atom. The smallest absolute Gasteiger partial charge is 0.247 e. The molecule has 0 radical (unpaired) electrons. The van der Waals surface area contributed by atoms with Crippen LogP contribution in [0.2, 0.25) is 0 Å². The third-order valence-electron chi connectivity index (χ3n) is 2.15. The molecule has 0 spiro atoms. The van der Waals surface area contributed by atoms with Gasteiger partial charge in [-0.1, -0.05) is 18.2 Å². The van der Waals surface area contributed by atoms with Crippen LogP contribution in [0.25, 0.3) is 0 Å². The van der Waals surface area contributed by atoms with E-state index in [0.29, 0.717) is 6.54 Å². The van der Waals surface area contributed by atoms with Gasteiger partial charge in [0.25, 0.3) is 0 Å². The maximum atomic E-state index is 11.5. The van der Waals surface area contributed by atoms with Crippen LogP contribution < -0.4 is 5.32 Å². The summed E-state index contributed by atoms with van der Waals surface area (Å²) in [5.41, 5.74) is 0.895. The van der Waals surface area contributed by atoms with Crippen LogP contribution in [0.1, 0.15) is 12.8 Å². The van der Waals surface area contributed by atoms with Crippen molar-refractivity contribution >= 4 is 5.91 Å². The lowest BCUT2D eigenvalue weighted by atomic mass is 10.0. The lowest BCUT2D eigenvalue weighted by molar-refractivity contribution is -0.117. The Morgan fingerprint density at radius 3 is 2.93 bits per heavy atom. The third kappa shape index (κ3) is 3.75. The first-order valence-corrected chi connectivity index (χ1v) is 4.99. The van der Waals surface area contributed by atoms with E-state index in [9.17, 15) is 4.79 Å². The van der Waals surface area contributed by atoms with Gasteiger partial charge in [-0.25, -0.2) is 0 Å². The van der Waals surface area contributed by atoms with E-state index in [0.717, 1.165) is 25.0 Å². The molecule has 1 N–H and O–H groups in total. The van der Waals surface area contributed by atoms with E-state index in [-0.39, 0.29) is 5.91 Å². The number of allylic oxidation sites excluding steroid dienone is 3. The van der Waals surface area contributed by atoms with Crippen molar-refractivity contribution in [1.82, 2.24) is 10.2 Å². The fourth-order valence-electron chi connectivity index (χ4n) is 1.30. The quantitative estimate of drug-likeness (QED) is 0.722. The first kappa shape index (κ1) is 11.0. The minimum atomic E-state index is 0.0798. The summed E-state index contributed by atoms with van der Waals surface area (Å²) in [7, 11) is 3.99. The van der Waals surface area contributed by atoms with Crippen LogP contribution in [0, 0.1) is 0 Å². The molecular weight excluding hydrogens is 176 g/mol. The summed E-state index contributed by atoms with van der Waals surface area (Å²) in [5.74, 6) is 0.0798. The largest absolute Gasteiger partial charge is 0.351 e. The van der Waals surface area contributed by atoms with Crippen molar-refractivity contribution in [1.29, 1.82) is 0 Å². The highest BCUT2D eigenvalue weighted by Crippen LogP contribution is 2.11. The van der Waals surface area contributed by atoms with Crippen LogP contribution in [-0.2, 0) is 4.79 Å². The molecule has 0 fully saturated rings. The number of carbonyl (C=O) groups is 1. The predicted octanol–water partition coefficient (Wildman–Crippen LogP) is 0.941. The molecule has 3 nitrogen and oxygen atoms in total. The van der Waals surface area contributed by atoms with Crippen LogP contribution in [0.3, 0.4) is 0 Å². The van der Waals surface area contributed by atoms with Gasteiger partial charge in [0.15, 0.2) is 0 Å². The Labute approximate surface area is 85.5 Å². The second-order valence-electron chi connectivity index (χ2n) is 3.72. The maximum Gasteiger partial charge on any atom is 0.247 e. The molecule has 1 rings (SSSR count). The predicted molar refractivity (Wildman–Crippen MR) is 58.0 cm³/mol. The minimum absolute atomic E-state index is 0.0798. The number of nitrogens with one attached hydrogen (secondary N) is 1. The standard InChI is InChI=1S/C11H18N2O/c1-13(2)9-8-12-11(14)10-6-4-3-5-7-10/h3-4,6H,5,7-9H2,1-2H3,(H,12,14). The molecule has 1 amide bonds. The van der Waals surface area contributed by atoms with Gasteiger partial charge >= 0.3 is 0 Å². The molecule has 0 aromatic rings. The zero-order valence-electron chi connectivity index (χ0n) is 8.92. The summed E-state index contributed by atoms with van der Waals surface area (Å²) >= 11 is 0. The van der Waals surface area contributed by atoms with E-state index in [1.165, 1.54) is 0 Å². The van der Waals surface area contributed by atoms with Crippen molar-refractivity contribution in [2.75, 3.05) is 27.2 Å². The molecule has 0 unspecified atom stereocenters. The highest BCUT2D eigenvalue weighted by molar-refractivity contribution is 5.93. The lowest BCUT2D eigenvalue weighted by Gasteiger charge is -2.12. The monoisotopic (exact) mass is 194 g/mol. The minimum Gasteiger partial charge on any atom is -0.351 e. The number of nitrogens with zero attached hydrogens (tertiary/aromatic N) is 1. The molecule has 0 aromatic carbocycles. The van der Waals surface area contributed by atoms with E-state index in [1.54, 1.807) is 0 Å². The van der Waals surface area contributed by atoms with Gasteiger partial charge in [-0.15, -0.1) is 0 Å². The summed E-state index contributed by atoms with van der Waals surface area (Å²) in [6.07, 6.45) is 7.77. The SMILES string of the molecule is CN(C)CCNC(=O)C1=CC=CCC1. The van der Waals surface area contributed by atoms with Crippen molar-refractivity contribution in [2.24, 2.45) is 0 Å². The first-order valence-electron chi connectivity index (χ1n) is 4.99. The van der Waals surface area contributed by atoms with Crippen molar-refractivity contribution in [3.63, 3.8) is 0 Å². The number of likely N-dealkylation sites (N-methyl/N-ethyl adjacent to an activating group) is 1. The van der Waals surface area contributed by atoms with Gasteiger partial charge in [0.2, 0.25) is 5.91 Å². The molecule has 0 saturated heterocycles. The van der Waals surface area contributed by atoms with Gasteiger partial charge in [-0.05, 0) is 26.9 Å². The van der Waals surface area contributed by atoms with Crippen LogP contribution in [0.15, 0.2) is 23.8 Å². The normalized spacial score (nSPS) is 15.5. The van der Waals surface area contributed by atoms with Gasteiger partial charge in [-0.3, -0.25) is 4.79 Å². The molecule has 0 atom stereocenters. The topological polar surface area (TPSA) is 32.3 Å². The molecule has 3 heteroatoms. The van der Waals surface area contributed by atoms with Crippen molar-refractivity contribution in [3.05, 3.63) is 23.8 Å². The lowest BCUT2D eigenvalue weighted by Crippen LogP contribution is -2.32. The first-order chi connectivity index (χ1) is 6.70. The number of carbonyl (C=O) groups excluding carboxylic acids is 1. The number of hydrogen-bond acceptors (Lipinski definition) is 2.